The van der Waals surface area contributed by atoms with Gasteiger partial charge in [-0.25, -0.2) is 0 Å². The van der Waals surface area contributed by atoms with Gasteiger partial charge < -0.3 is 14.5 Å². The van der Waals surface area contributed by atoms with Crippen LogP contribution in [0.15, 0.2) is 41.0 Å². The predicted molar refractivity (Wildman–Crippen MR) is 81.3 cm³/mol. The molecule has 1 N–H and O–H groups in total. The number of furan rings is 1. The van der Waals surface area contributed by atoms with Gasteiger partial charge in [0.2, 0.25) is 5.91 Å². The van der Waals surface area contributed by atoms with Crippen molar-refractivity contribution in [2.45, 2.75) is 32.7 Å². The van der Waals surface area contributed by atoms with Crippen LogP contribution < -0.4 is 10.1 Å². The molecule has 4 heteroatoms. The van der Waals surface area contributed by atoms with Crippen LogP contribution in [0.4, 0.5) is 0 Å². The van der Waals surface area contributed by atoms with Crippen molar-refractivity contribution in [3.05, 3.63) is 53.5 Å². The van der Waals surface area contributed by atoms with Gasteiger partial charge in [0.1, 0.15) is 11.5 Å². The van der Waals surface area contributed by atoms with Crippen LogP contribution in [0.3, 0.4) is 0 Å². The summed E-state index contributed by atoms with van der Waals surface area (Å²) in [6, 6.07) is 9.63. The molecule has 0 spiro atoms. The third-order valence-electron chi connectivity index (χ3n) is 3.36. The first kappa shape index (κ1) is 15.2. The van der Waals surface area contributed by atoms with Crippen LogP contribution in [0.2, 0.25) is 0 Å². The van der Waals surface area contributed by atoms with Crippen molar-refractivity contribution in [1.29, 1.82) is 0 Å². The molecule has 0 aliphatic rings. The van der Waals surface area contributed by atoms with Gasteiger partial charge >= 0.3 is 0 Å². The van der Waals surface area contributed by atoms with Gasteiger partial charge in [0.15, 0.2) is 0 Å². The normalized spacial score (nSPS) is 10.7. The van der Waals surface area contributed by atoms with Gasteiger partial charge in [-0.3, -0.25) is 4.79 Å². The van der Waals surface area contributed by atoms with Crippen LogP contribution in [0, 0.1) is 0 Å². The van der Waals surface area contributed by atoms with Crippen molar-refractivity contribution in [2.75, 3.05) is 7.11 Å². The van der Waals surface area contributed by atoms with Crippen LogP contribution in [0.25, 0.3) is 0 Å². The lowest BCUT2D eigenvalue weighted by molar-refractivity contribution is -0.120. The van der Waals surface area contributed by atoms with E-state index in [0.29, 0.717) is 18.9 Å². The minimum Gasteiger partial charge on any atom is -0.496 e. The van der Waals surface area contributed by atoms with Gasteiger partial charge in [0.05, 0.1) is 26.3 Å². The number of amides is 1. The molecule has 0 atom stereocenters. The van der Waals surface area contributed by atoms with Crippen molar-refractivity contribution >= 4 is 5.91 Å². The monoisotopic (exact) mass is 287 g/mol. The molecule has 1 amide bonds. The number of carbonyl (C=O) groups excluding carboxylic acids is 1. The summed E-state index contributed by atoms with van der Waals surface area (Å²) in [5.74, 6) is 1.85. The number of carbonyl (C=O) groups is 1. The molecular formula is C17H21NO3. The number of rotatable bonds is 6. The van der Waals surface area contributed by atoms with Gasteiger partial charge in [-0.15, -0.1) is 0 Å². The fourth-order valence-electron chi connectivity index (χ4n) is 2.13. The first-order chi connectivity index (χ1) is 10.1. The molecule has 1 aromatic heterocycles. The summed E-state index contributed by atoms with van der Waals surface area (Å²) in [6.07, 6.45) is 1.89. The van der Waals surface area contributed by atoms with E-state index < -0.39 is 0 Å². The highest BCUT2D eigenvalue weighted by atomic mass is 16.5. The van der Waals surface area contributed by atoms with Crippen LogP contribution in [0.1, 0.15) is 36.7 Å². The topological polar surface area (TPSA) is 51.5 Å². The molecule has 0 aliphatic carbocycles. The first-order valence-corrected chi connectivity index (χ1v) is 7.06. The number of benzene rings is 1. The molecule has 1 heterocycles. The molecule has 4 nitrogen and oxygen atoms in total. The number of hydrogen-bond donors (Lipinski definition) is 1. The van der Waals surface area contributed by atoms with Crippen LogP contribution >= 0.6 is 0 Å². The highest BCUT2D eigenvalue weighted by molar-refractivity contribution is 5.79. The fourth-order valence-corrected chi connectivity index (χ4v) is 2.13. The Kier molecular flexibility index (Phi) is 5.04. The second-order valence-corrected chi connectivity index (χ2v) is 5.26. The molecule has 2 aromatic rings. The Hall–Kier alpha value is -2.23. The summed E-state index contributed by atoms with van der Waals surface area (Å²) in [4.78, 5) is 12.0. The van der Waals surface area contributed by atoms with Crippen molar-refractivity contribution in [2.24, 2.45) is 0 Å². The molecule has 1 aromatic carbocycles. The predicted octanol–water partition coefficient (Wildman–Crippen LogP) is 3.27. The number of nitrogens with one attached hydrogen (secondary N) is 1. The average molecular weight is 287 g/mol. The lowest BCUT2D eigenvalue weighted by atomic mass is 9.99. The van der Waals surface area contributed by atoms with Crippen molar-refractivity contribution in [1.82, 2.24) is 5.32 Å². The Labute approximate surface area is 125 Å². The van der Waals surface area contributed by atoms with E-state index in [0.717, 1.165) is 17.1 Å². The summed E-state index contributed by atoms with van der Waals surface area (Å²) >= 11 is 0. The van der Waals surface area contributed by atoms with E-state index in [2.05, 4.69) is 19.2 Å². The largest absolute Gasteiger partial charge is 0.496 e. The van der Waals surface area contributed by atoms with E-state index in [1.54, 1.807) is 19.4 Å². The van der Waals surface area contributed by atoms with Crippen LogP contribution in [-0.2, 0) is 17.8 Å². The third-order valence-corrected chi connectivity index (χ3v) is 3.36. The second-order valence-electron chi connectivity index (χ2n) is 5.26. The molecule has 0 radical (unpaired) electrons. The molecular weight excluding hydrogens is 266 g/mol. The number of hydrogen-bond acceptors (Lipinski definition) is 3. The maximum Gasteiger partial charge on any atom is 0.224 e. The second kappa shape index (κ2) is 6.97. The number of ether oxygens (including phenoxy) is 1. The minimum atomic E-state index is -0.0504. The molecule has 0 saturated carbocycles. The fraction of sp³-hybridized carbons (Fsp3) is 0.353. The van der Waals surface area contributed by atoms with Gasteiger partial charge in [-0.1, -0.05) is 26.0 Å². The van der Waals surface area contributed by atoms with E-state index >= 15 is 0 Å². The Morgan fingerprint density at radius 2 is 2.14 bits per heavy atom. The summed E-state index contributed by atoms with van der Waals surface area (Å²) in [5.41, 5.74) is 2.10. The molecule has 2 rings (SSSR count). The molecule has 0 bridgehead atoms. The van der Waals surface area contributed by atoms with Gasteiger partial charge in [0.25, 0.3) is 0 Å². The van der Waals surface area contributed by atoms with Crippen molar-refractivity contribution in [3.63, 3.8) is 0 Å². The summed E-state index contributed by atoms with van der Waals surface area (Å²) < 4.78 is 10.5. The van der Waals surface area contributed by atoms with Gasteiger partial charge in [-0.05, 0) is 29.7 Å². The number of methoxy groups -OCH3 is 1. The molecule has 0 unspecified atom stereocenters. The van der Waals surface area contributed by atoms with E-state index in [1.165, 1.54) is 5.56 Å². The zero-order valence-electron chi connectivity index (χ0n) is 12.7. The van der Waals surface area contributed by atoms with E-state index in [-0.39, 0.29) is 5.91 Å². The van der Waals surface area contributed by atoms with Gasteiger partial charge in [-0.2, -0.15) is 0 Å². The lowest BCUT2D eigenvalue weighted by Crippen LogP contribution is -2.24. The van der Waals surface area contributed by atoms with Crippen molar-refractivity contribution in [3.8, 4) is 5.75 Å². The van der Waals surface area contributed by atoms with Gasteiger partial charge in [0, 0.05) is 5.56 Å². The maximum absolute atomic E-state index is 12.0. The van der Waals surface area contributed by atoms with Crippen LogP contribution in [-0.4, -0.2) is 13.0 Å². The highest BCUT2D eigenvalue weighted by Gasteiger charge is 2.11. The Balaban J connectivity index is 2.03. The van der Waals surface area contributed by atoms with Crippen molar-refractivity contribution < 1.29 is 13.9 Å². The molecule has 0 fully saturated rings. The molecule has 0 aliphatic heterocycles. The van der Waals surface area contributed by atoms with E-state index in [9.17, 15) is 4.79 Å². The summed E-state index contributed by atoms with van der Waals surface area (Å²) in [6.45, 7) is 4.66. The average Bonchev–Trinajstić information content (AvgIpc) is 2.98. The summed E-state index contributed by atoms with van der Waals surface area (Å²) in [7, 11) is 1.62. The quantitative estimate of drug-likeness (QED) is 0.887. The Morgan fingerprint density at radius 3 is 2.76 bits per heavy atom. The smallest absolute Gasteiger partial charge is 0.224 e. The standard InChI is InChI=1S/C17H21NO3/c1-12(2)13-6-7-16(20-3)14(9-13)10-17(19)18-11-15-5-4-8-21-15/h4-9,12H,10-11H2,1-3H3,(H,18,19). The highest BCUT2D eigenvalue weighted by Crippen LogP contribution is 2.24. The Bertz CT molecular complexity index is 588. The lowest BCUT2D eigenvalue weighted by Gasteiger charge is -2.12. The first-order valence-electron chi connectivity index (χ1n) is 7.06. The molecule has 21 heavy (non-hydrogen) atoms. The summed E-state index contributed by atoms with van der Waals surface area (Å²) in [5, 5.41) is 2.85. The minimum absolute atomic E-state index is 0.0504. The maximum atomic E-state index is 12.0. The van der Waals surface area contributed by atoms with Crippen LogP contribution in [0.5, 0.6) is 5.75 Å². The zero-order valence-corrected chi connectivity index (χ0v) is 12.7. The zero-order chi connectivity index (χ0) is 15.2. The molecule has 0 saturated heterocycles. The SMILES string of the molecule is COc1ccc(C(C)C)cc1CC(=O)NCc1ccco1. The Morgan fingerprint density at radius 1 is 1.33 bits per heavy atom. The molecule has 112 valence electrons. The van der Waals surface area contributed by atoms with E-state index in [1.807, 2.05) is 24.3 Å². The van der Waals surface area contributed by atoms with E-state index in [4.69, 9.17) is 9.15 Å². The third kappa shape index (κ3) is 4.12.